The molecular weight excluding hydrogens is 272 g/mol. The van der Waals surface area contributed by atoms with E-state index in [0.29, 0.717) is 12.1 Å². The zero-order valence-electron chi connectivity index (χ0n) is 12.6. The molecule has 3 rings (SSSR count). The van der Waals surface area contributed by atoms with Gasteiger partial charge in [0.05, 0.1) is 18.2 Å². The predicted molar refractivity (Wildman–Crippen MR) is 85.2 cm³/mol. The van der Waals surface area contributed by atoms with Crippen molar-refractivity contribution in [2.75, 3.05) is 0 Å². The molecule has 0 radical (unpaired) electrons. The number of aromatic nitrogens is 3. The number of nitrogens with zero attached hydrogens (tertiary/aromatic N) is 4. The minimum Gasteiger partial charge on any atom is -0.246 e. The second-order valence-electron chi connectivity index (χ2n) is 5.22. The van der Waals surface area contributed by atoms with Gasteiger partial charge in [0.2, 0.25) is 0 Å². The van der Waals surface area contributed by atoms with Crippen LogP contribution in [0.4, 0.5) is 0 Å². The Bertz CT molecular complexity index is 838. The van der Waals surface area contributed by atoms with Gasteiger partial charge in [-0.05, 0) is 36.6 Å². The van der Waals surface area contributed by atoms with Crippen LogP contribution in [0.5, 0.6) is 0 Å². The second kappa shape index (κ2) is 5.82. The van der Waals surface area contributed by atoms with Gasteiger partial charge in [-0.3, -0.25) is 0 Å². The van der Waals surface area contributed by atoms with Gasteiger partial charge in [-0.15, -0.1) is 0 Å². The Morgan fingerprint density at radius 3 is 2.41 bits per heavy atom. The summed E-state index contributed by atoms with van der Waals surface area (Å²) in [5, 5.41) is 13.6. The lowest BCUT2D eigenvalue weighted by molar-refractivity contribution is 0.656. The molecule has 0 bridgehead atoms. The van der Waals surface area contributed by atoms with Crippen LogP contribution < -0.4 is 0 Å². The summed E-state index contributed by atoms with van der Waals surface area (Å²) >= 11 is 0. The Labute approximate surface area is 129 Å². The Hall–Kier alpha value is -2.93. The number of aryl methyl sites for hydroxylation is 2. The van der Waals surface area contributed by atoms with Gasteiger partial charge in [0.1, 0.15) is 11.6 Å². The van der Waals surface area contributed by atoms with E-state index < -0.39 is 0 Å². The zero-order chi connectivity index (χ0) is 15.5. The summed E-state index contributed by atoms with van der Waals surface area (Å²) < 4.78 is 1.90. The maximum absolute atomic E-state index is 9.19. The molecule has 0 unspecified atom stereocenters. The van der Waals surface area contributed by atoms with Crippen molar-refractivity contribution in [1.82, 2.24) is 14.8 Å². The lowest BCUT2D eigenvalue weighted by Crippen LogP contribution is -2.04. The molecule has 0 aliphatic heterocycles. The topological polar surface area (TPSA) is 54.5 Å². The monoisotopic (exact) mass is 288 g/mol. The largest absolute Gasteiger partial charge is 0.246 e. The first-order valence-electron chi connectivity index (χ1n) is 7.14. The molecular formula is C18H16N4. The van der Waals surface area contributed by atoms with E-state index in [9.17, 15) is 5.26 Å². The SMILES string of the molecule is Cc1nc(C)n(Cc2ccc(-c3ccccc3C#N)cc2)n1. The Morgan fingerprint density at radius 2 is 1.77 bits per heavy atom. The van der Waals surface area contributed by atoms with Crippen LogP contribution in [0.25, 0.3) is 11.1 Å². The molecule has 2 aromatic carbocycles. The van der Waals surface area contributed by atoms with Crippen LogP contribution in [0, 0.1) is 25.2 Å². The number of hydrogen-bond donors (Lipinski definition) is 0. The summed E-state index contributed by atoms with van der Waals surface area (Å²) in [6.07, 6.45) is 0. The highest BCUT2D eigenvalue weighted by atomic mass is 15.3. The summed E-state index contributed by atoms with van der Waals surface area (Å²) in [5.41, 5.74) is 3.86. The molecule has 22 heavy (non-hydrogen) atoms. The Kier molecular flexibility index (Phi) is 3.71. The molecule has 0 N–H and O–H groups in total. The highest BCUT2D eigenvalue weighted by Crippen LogP contribution is 2.23. The average Bonchev–Trinajstić information content (AvgIpc) is 2.85. The maximum Gasteiger partial charge on any atom is 0.147 e. The van der Waals surface area contributed by atoms with E-state index in [4.69, 9.17) is 0 Å². The lowest BCUT2D eigenvalue weighted by atomic mass is 9.99. The molecule has 0 fully saturated rings. The molecule has 4 heteroatoms. The van der Waals surface area contributed by atoms with Crippen LogP contribution in [0.2, 0.25) is 0 Å². The van der Waals surface area contributed by atoms with Crippen molar-refractivity contribution in [1.29, 1.82) is 5.26 Å². The van der Waals surface area contributed by atoms with Crippen molar-refractivity contribution in [2.45, 2.75) is 20.4 Å². The van der Waals surface area contributed by atoms with Gasteiger partial charge < -0.3 is 0 Å². The molecule has 1 aromatic heterocycles. The standard InChI is InChI=1S/C18H16N4/c1-13-20-14(2)22(21-13)12-15-7-9-16(10-8-15)18-6-4-3-5-17(18)11-19/h3-10H,12H2,1-2H3. The summed E-state index contributed by atoms with van der Waals surface area (Å²) in [6.45, 7) is 4.55. The molecule has 108 valence electrons. The van der Waals surface area contributed by atoms with Gasteiger partial charge in [0.25, 0.3) is 0 Å². The van der Waals surface area contributed by atoms with Crippen LogP contribution in [-0.2, 0) is 6.54 Å². The Morgan fingerprint density at radius 1 is 1.05 bits per heavy atom. The van der Waals surface area contributed by atoms with Crippen molar-refractivity contribution >= 4 is 0 Å². The molecule has 0 amide bonds. The first-order valence-corrected chi connectivity index (χ1v) is 7.14. The van der Waals surface area contributed by atoms with Gasteiger partial charge in [-0.2, -0.15) is 10.4 Å². The van der Waals surface area contributed by atoms with Crippen LogP contribution in [0.1, 0.15) is 22.8 Å². The molecule has 0 saturated carbocycles. The third-order valence-corrected chi connectivity index (χ3v) is 3.61. The van der Waals surface area contributed by atoms with Crippen molar-refractivity contribution in [2.24, 2.45) is 0 Å². The minimum atomic E-state index is 0.693. The number of hydrogen-bond acceptors (Lipinski definition) is 3. The molecule has 0 spiro atoms. The molecule has 0 atom stereocenters. The first-order chi connectivity index (χ1) is 10.7. The first kappa shape index (κ1) is 14.0. The van der Waals surface area contributed by atoms with E-state index in [1.54, 1.807) is 0 Å². The Balaban J connectivity index is 1.87. The number of nitriles is 1. The van der Waals surface area contributed by atoms with Crippen molar-refractivity contribution < 1.29 is 0 Å². The molecule has 0 saturated heterocycles. The van der Waals surface area contributed by atoms with E-state index >= 15 is 0 Å². The van der Waals surface area contributed by atoms with E-state index in [1.165, 1.54) is 0 Å². The second-order valence-corrected chi connectivity index (χ2v) is 5.22. The zero-order valence-corrected chi connectivity index (χ0v) is 12.6. The van der Waals surface area contributed by atoms with Gasteiger partial charge in [0.15, 0.2) is 0 Å². The normalized spacial score (nSPS) is 10.4. The molecule has 0 aliphatic carbocycles. The lowest BCUT2D eigenvalue weighted by Gasteiger charge is -2.07. The van der Waals surface area contributed by atoms with E-state index in [2.05, 4.69) is 28.3 Å². The molecule has 3 aromatic rings. The fourth-order valence-electron chi connectivity index (χ4n) is 2.51. The quantitative estimate of drug-likeness (QED) is 0.741. The van der Waals surface area contributed by atoms with Gasteiger partial charge in [-0.1, -0.05) is 42.5 Å². The predicted octanol–water partition coefficient (Wildman–Crippen LogP) is 3.48. The third-order valence-electron chi connectivity index (χ3n) is 3.61. The van der Waals surface area contributed by atoms with E-state index in [-0.39, 0.29) is 0 Å². The molecule has 0 aliphatic rings. The smallest absolute Gasteiger partial charge is 0.147 e. The van der Waals surface area contributed by atoms with Gasteiger partial charge in [-0.25, -0.2) is 9.67 Å². The van der Waals surface area contributed by atoms with E-state index in [1.807, 2.05) is 54.9 Å². The van der Waals surface area contributed by atoms with Gasteiger partial charge in [0, 0.05) is 0 Å². The van der Waals surface area contributed by atoms with Crippen LogP contribution in [-0.4, -0.2) is 14.8 Å². The van der Waals surface area contributed by atoms with Crippen LogP contribution in [0.15, 0.2) is 48.5 Å². The van der Waals surface area contributed by atoms with Crippen LogP contribution >= 0.6 is 0 Å². The molecule has 1 heterocycles. The highest BCUT2D eigenvalue weighted by molar-refractivity contribution is 5.70. The number of rotatable bonds is 3. The summed E-state index contributed by atoms with van der Waals surface area (Å²) in [6, 6.07) is 18.1. The van der Waals surface area contributed by atoms with Crippen molar-refractivity contribution in [3.63, 3.8) is 0 Å². The maximum atomic E-state index is 9.19. The third kappa shape index (κ3) is 2.75. The van der Waals surface area contributed by atoms with Crippen molar-refractivity contribution in [3.8, 4) is 17.2 Å². The fraction of sp³-hybridized carbons (Fsp3) is 0.167. The number of benzene rings is 2. The minimum absolute atomic E-state index is 0.693. The molecule has 4 nitrogen and oxygen atoms in total. The van der Waals surface area contributed by atoms with E-state index in [0.717, 1.165) is 28.3 Å². The summed E-state index contributed by atoms with van der Waals surface area (Å²) in [5.74, 6) is 1.70. The van der Waals surface area contributed by atoms with Gasteiger partial charge >= 0.3 is 0 Å². The summed E-state index contributed by atoms with van der Waals surface area (Å²) in [7, 11) is 0. The highest BCUT2D eigenvalue weighted by Gasteiger charge is 2.06. The van der Waals surface area contributed by atoms with Crippen molar-refractivity contribution in [3.05, 3.63) is 71.3 Å². The summed E-state index contributed by atoms with van der Waals surface area (Å²) in [4.78, 5) is 4.31. The fourth-order valence-corrected chi connectivity index (χ4v) is 2.51. The van der Waals surface area contributed by atoms with Crippen LogP contribution in [0.3, 0.4) is 0 Å². The average molecular weight is 288 g/mol.